The summed E-state index contributed by atoms with van der Waals surface area (Å²) in [6, 6.07) is 6.83. The maximum Gasteiger partial charge on any atom is 0.233 e. The molecule has 0 saturated heterocycles. The van der Waals surface area contributed by atoms with Crippen molar-refractivity contribution < 1.29 is 18.7 Å². The highest BCUT2D eigenvalue weighted by atomic mass is 35.5. The minimum Gasteiger partial charge on any atom is -0.492 e. The SMILES string of the molecule is CC(=O)N(N)[C@@H](C)COc1cc2oc(-c3ccc(OCC4CC4)c(Cl)c3)nc2cn1. The van der Waals surface area contributed by atoms with E-state index < -0.39 is 0 Å². The van der Waals surface area contributed by atoms with Crippen molar-refractivity contribution in [1.29, 1.82) is 0 Å². The number of ether oxygens (including phenoxy) is 2. The predicted molar refractivity (Wildman–Crippen MR) is 112 cm³/mol. The first kappa shape index (κ1) is 20.4. The molecule has 1 aliphatic rings. The largest absolute Gasteiger partial charge is 0.492 e. The van der Waals surface area contributed by atoms with E-state index in [1.54, 1.807) is 25.3 Å². The molecule has 1 aromatic carbocycles. The van der Waals surface area contributed by atoms with Crippen molar-refractivity contribution in [3.8, 4) is 23.1 Å². The molecule has 1 aliphatic carbocycles. The van der Waals surface area contributed by atoms with Gasteiger partial charge in [-0.25, -0.2) is 15.8 Å². The first-order valence-electron chi connectivity index (χ1n) is 9.77. The number of hydrazine groups is 1. The van der Waals surface area contributed by atoms with Gasteiger partial charge in [-0.05, 0) is 43.9 Å². The molecule has 2 heterocycles. The molecule has 4 rings (SSSR count). The van der Waals surface area contributed by atoms with Gasteiger partial charge in [-0.3, -0.25) is 9.80 Å². The first-order valence-corrected chi connectivity index (χ1v) is 10.1. The van der Waals surface area contributed by atoms with Crippen LogP contribution in [0.15, 0.2) is 34.9 Å². The van der Waals surface area contributed by atoms with Crippen molar-refractivity contribution in [3.63, 3.8) is 0 Å². The van der Waals surface area contributed by atoms with Gasteiger partial charge in [0.1, 0.15) is 17.9 Å². The van der Waals surface area contributed by atoms with Crippen molar-refractivity contribution in [2.75, 3.05) is 13.2 Å². The Balaban J connectivity index is 1.46. The summed E-state index contributed by atoms with van der Waals surface area (Å²) in [5, 5.41) is 1.63. The topological polar surface area (TPSA) is 104 Å². The molecule has 1 saturated carbocycles. The second-order valence-electron chi connectivity index (χ2n) is 7.50. The van der Waals surface area contributed by atoms with Crippen LogP contribution in [0.2, 0.25) is 5.02 Å². The summed E-state index contributed by atoms with van der Waals surface area (Å²) < 4.78 is 17.3. The van der Waals surface area contributed by atoms with Gasteiger partial charge in [0.2, 0.25) is 17.7 Å². The summed E-state index contributed by atoms with van der Waals surface area (Å²) in [6.07, 6.45) is 4.01. The Hall–Kier alpha value is -2.84. The normalized spacial score (nSPS) is 14.5. The molecule has 0 spiro atoms. The lowest BCUT2D eigenvalue weighted by molar-refractivity contribution is -0.131. The Morgan fingerprint density at radius 1 is 1.37 bits per heavy atom. The molecule has 0 radical (unpaired) electrons. The molecule has 2 aromatic heterocycles. The van der Waals surface area contributed by atoms with Crippen LogP contribution in [0.4, 0.5) is 0 Å². The van der Waals surface area contributed by atoms with Crippen LogP contribution in [0.25, 0.3) is 22.6 Å². The summed E-state index contributed by atoms with van der Waals surface area (Å²) in [6.45, 7) is 4.08. The number of rotatable bonds is 8. The Labute approximate surface area is 178 Å². The number of halogens is 1. The number of amides is 1. The van der Waals surface area contributed by atoms with Gasteiger partial charge in [-0.2, -0.15) is 0 Å². The third-order valence-electron chi connectivity index (χ3n) is 4.91. The number of carbonyl (C=O) groups excluding carboxylic acids is 1. The van der Waals surface area contributed by atoms with Crippen LogP contribution in [0.3, 0.4) is 0 Å². The number of carbonyl (C=O) groups is 1. The molecule has 0 bridgehead atoms. The summed E-state index contributed by atoms with van der Waals surface area (Å²) in [5.74, 6) is 7.54. The Morgan fingerprint density at radius 2 is 2.17 bits per heavy atom. The minimum absolute atomic E-state index is 0.202. The number of hydrogen-bond donors (Lipinski definition) is 1. The third-order valence-corrected chi connectivity index (χ3v) is 5.21. The van der Waals surface area contributed by atoms with E-state index in [0.717, 1.165) is 10.6 Å². The van der Waals surface area contributed by atoms with Crippen LogP contribution >= 0.6 is 11.6 Å². The van der Waals surface area contributed by atoms with E-state index in [2.05, 4.69) is 9.97 Å². The molecular formula is C21H23ClN4O4. The number of nitrogens with zero attached hydrogens (tertiary/aromatic N) is 3. The monoisotopic (exact) mass is 430 g/mol. The van der Waals surface area contributed by atoms with Crippen molar-refractivity contribution in [1.82, 2.24) is 15.0 Å². The predicted octanol–water partition coefficient (Wildman–Crippen LogP) is 3.82. The van der Waals surface area contributed by atoms with Crippen molar-refractivity contribution in [3.05, 3.63) is 35.5 Å². The molecule has 2 N–H and O–H groups in total. The lowest BCUT2D eigenvalue weighted by Gasteiger charge is -2.22. The average Bonchev–Trinajstić information content (AvgIpc) is 3.46. The van der Waals surface area contributed by atoms with Crippen LogP contribution in [-0.2, 0) is 4.79 Å². The fourth-order valence-electron chi connectivity index (χ4n) is 2.86. The number of benzene rings is 1. The highest BCUT2D eigenvalue weighted by Gasteiger charge is 2.22. The number of oxazole rings is 1. The van der Waals surface area contributed by atoms with Crippen molar-refractivity contribution >= 4 is 28.6 Å². The summed E-state index contributed by atoms with van der Waals surface area (Å²) in [7, 11) is 0. The lowest BCUT2D eigenvalue weighted by Crippen LogP contribution is -2.45. The number of hydrogen-bond acceptors (Lipinski definition) is 7. The molecule has 9 heteroatoms. The number of aromatic nitrogens is 2. The van der Waals surface area contributed by atoms with Crippen LogP contribution in [0.1, 0.15) is 26.7 Å². The highest BCUT2D eigenvalue weighted by Crippen LogP contribution is 2.34. The molecular weight excluding hydrogens is 408 g/mol. The van der Waals surface area contributed by atoms with Gasteiger partial charge in [0.15, 0.2) is 5.58 Å². The minimum atomic E-state index is -0.298. The Bertz CT molecular complexity index is 1070. The maximum atomic E-state index is 11.3. The molecule has 1 amide bonds. The molecule has 0 unspecified atom stereocenters. The van der Waals surface area contributed by atoms with E-state index in [0.29, 0.717) is 46.2 Å². The quantitative estimate of drug-likeness (QED) is 0.329. The van der Waals surface area contributed by atoms with Crippen LogP contribution in [-0.4, -0.2) is 40.1 Å². The highest BCUT2D eigenvalue weighted by molar-refractivity contribution is 6.32. The zero-order valence-corrected chi connectivity index (χ0v) is 17.6. The maximum absolute atomic E-state index is 11.3. The van der Waals surface area contributed by atoms with Gasteiger partial charge >= 0.3 is 0 Å². The Kier molecular flexibility index (Phi) is 5.78. The standard InChI is InChI=1S/C21H23ClN4O4/c1-12(26(23)13(2)27)10-29-20-8-19-17(9-24-20)25-21(30-19)15-5-6-18(16(22)7-15)28-11-14-3-4-14/h5-9,12,14H,3-4,10-11,23H2,1-2H3/t12-/m0/s1. The molecule has 1 fully saturated rings. The fourth-order valence-corrected chi connectivity index (χ4v) is 3.09. The van der Waals surface area contributed by atoms with E-state index >= 15 is 0 Å². The van der Waals surface area contributed by atoms with Gasteiger partial charge in [0.25, 0.3) is 0 Å². The molecule has 0 aliphatic heterocycles. The molecule has 3 aromatic rings. The Morgan fingerprint density at radius 3 is 2.87 bits per heavy atom. The first-order chi connectivity index (χ1) is 14.4. The zero-order chi connectivity index (χ0) is 21.3. The zero-order valence-electron chi connectivity index (χ0n) is 16.8. The van der Waals surface area contributed by atoms with Gasteiger partial charge in [0, 0.05) is 18.6 Å². The second-order valence-corrected chi connectivity index (χ2v) is 7.90. The average molecular weight is 431 g/mol. The molecule has 8 nitrogen and oxygen atoms in total. The van der Waals surface area contributed by atoms with E-state index in [4.69, 9.17) is 31.3 Å². The molecule has 1 atom stereocenters. The number of pyridine rings is 1. The number of fused-ring (bicyclic) bond motifs is 1. The lowest BCUT2D eigenvalue weighted by atomic mass is 10.2. The van der Waals surface area contributed by atoms with Crippen LogP contribution in [0.5, 0.6) is 11.6 Å². The third kappa shape index (κ3) is 4.66. The van der Waals surface area contributed by atoms with Crippen molar-refractivity contribution in [2.24, 2.45) is 11.8 Å². The van der Waals surface area contributed by atoms with Crippen LogP contribution in [0, 0.1) is 5.92 Å². The van der Waals surface area contributed by atoms with Crippen LogP contribution < -0.4 is 15.3 Å². The second kappa shape index (κ2) is 8.49. The van der Waals surface area contributed by atoms with E-state index in [-0.39, 0.29) is 18.6 Å². The summed E-state index contributed by atoms with van der Waals surface area (Å²) in [5.41, 5.74) is 1.87. The number of nitrogens with two attached hydrogens (primary N) is 1. The summed E-state index contributed by atoms with van der Waals surface area (Å²) >= 11 is 6.36. The smallest absolute Gasteiger partial charge is 0.233 e. The fraction of sp³-hybridized carbons (Fsp3) is 0.381. The van der Waals surface area contributed by atoms with Gasteiger partial charge in [0.05, 0.1) is 23.9 Å². The van der Waals surface area contributed by atoms with Gasteiger partial charge in [-0.15, -0.1) is 0 Å². The molecule has 30 heavy (non-hydrogen) atoms. The van der Waals surface area contributed by atoms with Gasteiger partial charge in [-0.1, -0.05) is 11.6 Å². The van der Waals surface area contributed by atoms with Crippen molar-refractivity contribution in [2.45, 2.75) is 32.7 Å². The van der Waals surface area contributed by atoms with E-state index in [1.165, 1.54) is 19.8 Å². The molecule has 158 valence electrons. The van der Waals surface area contributed by atoms with Gasteiger partial charge < -0.3 is 13.9 Å². The van der Waals surface area contributed by atoms with E-state index in [9.17, 15) is 4.79 Å². The van der Waals surface area contributed by atoms with E-state index in [1.807, 2.05) is 12.1 Å². The summed E-state index contributed by atoms with van der Waals surface area (Å²) in [4.78, 5) is 20.0.